The van der Waals surface area contributed by atoms with Gasteiger partial charge < -0.3 is 4.74 Å². The first-order valence-corrected chi connectivity index (χ1v) is 5.62. The van der Waals surface area contributed by atoms with Crippen LogP contribution in [-0.2, 0) is 11.3 Å². The van der Waals surface area contributed by atoms with Crippen LogP contribution in [0, 0.1) is 0 Å². The molecule has 0 bridgehead atoms. The molecule has 15 heavy (non-hydrogen) atoms. The summed E-state index contributed by atoms with van der Waals surface area (Å²) in [7, 11) is 0. The number of hydrogen-bond donors (Lipinski definition) is 0. The second kappa shape index (κ2) is 4.33. The van der Waals surface area contributed by atoms with Crippen molar-refractivity contribution < 1.29 is 4.74 Å². The van der Waals surface area contributed by atoms with Gasteiger partial charge in [-0.2, -0.15) is 0 Å². The number of epoxide rings is 1. The first-order chi connectivity index (χ1) is 7.22. The van der Waals surface area contributed by atoms with Crippen LogP contribution in [0.2, 0.25) is 0 Å². The van der Waals surface area contributed by atoms with E-state index < -0.39 is 0 Å². The maximum Gasteiger partial charge on any atom is 0.101 e. The summed E-state index contributed by atoms with van der Waals surface area (Å²) in [6.07, 6.45) is 0. The molecule has 0 saturated carbocycles. The minimum Gasteiger partial charge on any atom is -0.369 e. The van der Waals surface area contributed by atoms with Crippen LogP contribution in [0.15, 0.2) is 30.3 Å². The maximum atomic E-state index is 5.42. The Morgan fingerprint density at radius 3 is 2.53 bits per heavy atom. The van der Waals surface area contributed by atoms with E-state index in [1.165, 1.54) is 5.56 Å². The standard InChI is InChI=1S/C13H19NO/c1-3-14(10-13(2)11-15-13)9-12-7-5-4-6-8-12/h4-8H,3,9-11H2,1-2H3. The van der Waals surface area contributed by atoms with E-state index >= 15 is 0 Å². The Labute approximate surface area is 91.9 Å². The fraction of sp³-hybridized carbons (Fsp3) is 0.538. The number of hydrogen-bond acceptors (Lipinski definition) is 2. The van der Waals surface area contributed by atoms with Crippen LogP contribution < -0.4 is 0 Å². The molecule has 0 N–H and O–H groups in total. The van der Waals surface area contributed by atoms with Crippen LogP contribution in [0.5, 0.6) is 0 Å². The van der Waals surface area contributed by atoms with Crippen LogP contribution in [0.25, 0.3) is 0 Å². The lowest BCUT2D eigenvalue weighted by Crippen LogP contribution is -2.32. The first-order valence-electron chi connectivity index (χ1n) is 5.62. The molecule has 82 valence electrons. The molecular weight excluding hydrogens is 186 g/mol. The summed E-state index contributed by atoms with van der Waals surface area (Å²) < 4.78 is 5.42. The van der Waals surface area contributed by atoms with Crippen molar-refractivity contribution in [3.63, 3.8) is 0 Å². The van der Waals surface area contributed by atoms with E-state index in [4.69, 9.17) is 4.74 Å². The molecule has 0 amide bonds. The molecule has 2 heteroatoms. The van der Waals surface area contributed by atoms with Gasteiger partial charge in [0, 0.05) is 13.1 Å². The van der Waals surface area contributed by atoms with E-state index in [-0.39, 0.29) is 5.60 Å². The lowest BCUT2D eigenvalue weighted by atomic mass is 10.1. The van der Waals surface area contributed by atoms with Gasteiger partial charge in [0.1, 0.15) is 5.60 Å². The molecule has 1 saturated heterocycles. The lowest BCUT2D eigenvalue weighted by Gasteiger charge is -2.22. The smallest absolute Gasteiger partial charge is 0.101 e. The average Bonchev–Trinajstić information content (AvgIpc) is 2.97. The summed E-state index contributed by atoms with van der Waals surface area (Å²) >= 11 is 0. The largest absolute Gasteiger partial charge is 0.369 e. The zero-order valence-corrected chi connectivity index (χ0v) is 9.57. The van der Waals surface area contributed by atoms with E-state index in [9.17, 15) is 0 Å². The highest BCUT2D eigenvalue weighted by molar-refractivity contribution is 5.14. The van der Waals surface area contributed by atoms with Crippen molar-refractivity contribution in [2.24, 2.45) is 0 Å². The van der Waals surface area contributed by atoms with E-state index in [1.54, 1.807) is 0 Å². The van der Waals surface area contributed by atoms with E-state index in [1.807, 2.05) is 0 Å². The monoisotopic (exact) mass is 205 g/mol. The van der Waals surface area contributed by atoms with Crippen LogP contribution in [-0.4, -0.2) is 30.2 Å². The summed E-state index contributed by atoms with van der Waals surface area (Å²) in [6.45, 7) is 8.44. The van der Waals surface area contributed by atoms with Gasteiger partial charge in [-0.3, -0.25) is 4.90 Å². The molecule has 1 aromatic rings. The lowest BCUT2D eigenvalue weighted by molar-refractivity contribution is 0.197. The van der Waals surface area contributed by atoms with E-state index in [0.717, 1.165) is 26.2 Å². The summed E-state index contributed by atoms with van der Waals surface area (Å²) in [5.74, 6) is 0. The molecule has 2 rings (SSSR count). The molecule has 1 heterocycles. The van der Waals surface area contributed by atoms with Crippen molar-refractivity contribution in [3.8, 4) is 0 Å². The number of benzene rings is 1. The molecule has 1 fully saturated rings. The quantitative estimate of drug-likeness (QED) is 0.685. The second-order valence-electron chi connectivity index (χ2n) is 4.53. The van der Waals surface area contributed by atoms with Crippen molar-refractivity contribution in [2.45, 2.75) is 26.0 Å². The summed E-state index contributed by atoms with van der Waals surface area (Å²) in [5, 5.41) is 0. The molecule has 1 aromatic carbocycles. The minimum absolute atomic E-state index is 0.130. The van der Waals surface area contributed by atoms with Gasteiger partial charge in [-0.15, -0.1) is 0 Å². The van der Waals surface area contributed by atoms with Crippen molar-refractivity contribution in [1.82, 2.24) is 4.90 Å². The van der Waals surface area contributed by atoms with Gasteiger partial charge in [0.25, 0.3) is 0 Å². The SMILES string of the molecule is CCN(Cc1ccccc1)CC1(C)CO1. The fourth-order valence-corrected chi connectivity index (χ4v) is 1.81. The maximum absolute atomic E-state index is 5.42. The zero-order valence-electron chi connectivity index (χ0n) is 9.57. The van der Waals surface area contributed by atoms with Crippen LogP contribution in [0.1, 0.15) is 19.4 Å². The third-order valence-electron chi connectivity index (χ3n) is 2.89. The molecule has 1 unspecified atom stereocenters. The van der Waals surface area contributed by atoms with Gasteiger partial charge in [-0.05, 0) is 19.0 Å². The molecule has 0 spiro atoms. The molecule has 0 radical (unpaired) electrons. The minimum atomic E-state index is 0.130. The average molecular weight is 205 g/mol. The van der Waals surface area contributed by atoms with Gasteiger partial charge in [0.15, 0.2) is 0 Å². The van der Waals surface area contributed by atoms with Crippen molar-refractivity contribution in [1.29, 1.82) is 0 Å². The predicted molar refractivity (Wildman–Crippen MR) is 61.8 cm³/mol. The summed E-state index contributed by atoms with van der Waals surface area (Å²) in [5.41, 5.74) is 1.51. The molecule has 1 atom stereocenters. The van der Waals surface area contributed by atoms with Crippen LogP contribution in [0.3, 0.4) is 0 Å². The van der Waals surface area contributed by atoms with Gasteiger partial charge in [0.2, 0.25) is 0 Å². The predicted octanol–water partition coefficient (Wildman–Crippen LogP) is 2.30. The third-order valence-corrected chi connectivity index (χ3v) is 2.89. The molecule has 0 aliphatic carbocycles. The number of ether oxygens (including phenoxy) is 1. The molecular formula is C13H19NO. The van der Waals surface area contributed by atoms with Gasteiger partial charge in [-0.1, -0.05) is 37.3 Å². The molecule has 0 aromatic heterocycles. The second-order valence-corrected chi connectivity index (χ2v) is 4.53. The van der Waals surface area contributed by atoms with E-state index in [0.29, 0.717) is 0 Å². The normalized spacial score (nSPS) is 24.5. The highest BCUT2D eigenvalue weighted by Crippen LogP contribution is 2.27. The Hall–Kier alpha value is -0.860. The molecule has 1 aliphatic heterocycles. The van der Waals surface area contributed by atoms with Crippen LogP contribution >= 0.6 is 0 Å². The Kier molecular flexibility index (Phi) is 3.08. The van der Waals surface area contributed by atoms with Crippen molar-refractivity contribution >= 4 is 0 Å². The Morgan fingerprint density at radius 1 is 1.33 bits per heavy atom. The van der Waals surface area contributed by atoms with E-state index in [2.05, 4.69) is 49.1 Å². The number of rotatable bonds is 5. The van der Waals surface area contributed by atoms with Gasteiger partial charge in [0.05, 0.1) is 6.61 Å². The number of nitrogens with zero attached hydrogens (tertiary/aromatic N) is 1. The topological polar surface area (TPSA) is 15.8 Å². The Morgan fingerprint density at radius 2 is 2.00 bits per heavy atom. The van der Waals surface area contributed by atoms with Crippen molar-refractivity contribution in [2.75, 3.05) is 19.7 Å². The Bertz CT molecular complexity index is 306. The zero-order chi connectivity index (χ0) is 10.7. The highest BCUT2D eigenvalue weighted by Gasteiger charge is 2.40. The van der Waals surface area contributed by atoms with Crippen LogP contribution in [0.4, 0.5) is 0 Å². The summed E-state index contributed by atoms with van der Waals surface area (Å²) in [6, 6.07) is 10.6. The Balaban J connectivity index is 1.90. The first kappa shape index (κ1) is 10.7. The number of likely N-dealkylation sites (N-methyl/N-ethyl adjacent to an activating group) is 1. The molecule has 1 aliphatic rings. The highest BCUT2D eigenvalue weighted by atomic mass is 16.6. The molecule has 2 nitrogen and oxygen atoms in total. The summed E-state index contributed by atoms with van der Waals surface area (Å²) in [4.78, 5) is 2.43. The van der Waals surface area contributed by atoms with Gasteiger partial charge >= 0.3 is 0 Å². The van der Waals surface area contributed by atoms with Crippen molar-refractivity contribution in [3.05, 3.63) is 35.9 Å². The third kappa shape index (κ3) is 3.05. The van der Waals surface area contributed by atoms with Gasteiger partial charge in [-0.25, -0.2) is 0 Å². The fourth-order valence-electron chi connectivity index (χ4n) is 1.81.